The van der Waals surface area contributed by atoms with Gasteiger partial charge in [0.1, 0.15) is 33.7 Å². The number of amides is 3. The van der Waals surface area contributed by atoms with Crippen molar-refractivity contribution in [3.05, 3.63) is 76.4 Å². The molecule has 19 heteroatoms. The smallest absolute Gasteiger partial charge is 0.343 e. The van der Waals surface area contributed by atoms with E-state index in [0.717, 1.165) is 12.8 Å². The number of primary amides is 1. The summed E-state index contributed by atoms with van der Waals surface area (Å²) in [6, 6.07) is 8.03. The number of pyridine rings is 1. The van der Waals surface area contributed by atoms with Crippen LogP contribution in [0.15, 0.2) is 42.5 Å². The van der Waals surface area contributed by atoms with Crippen LogP contribution in [0, 0.1) is 19.8 Å². The lowest BCUT2D eigenvalue weighted by Gasteiger charge is -2.13. The summed E-state index contributed by atoms with van der Waals surface area (Å²) < 4.78 is 23.3. The second kappa shape index (κ2) is 16.2. The van der Waals surface area contributed by atoms with E-state index in [1.807, 2.05) is 32.9 Å². The highest BCUT2D eigenvalue weighted by atomic mass is 16.5. The number of fused-ring (bicyclic) bond motifs is 2. The maximum absolute atomic E-state index is 13.7. The number of rotatable bonds is 16. The highest BCUT2D eigenvalue weighted by Gasteiger charge is 2.26. The van der Waals surface area contributed by atoms with Crippen LogP contribution in [-0.4, -0.2) is 88.2 Å². The first-order chi connectivity index (χ1) is 27.9. The van der Waals surface area contributed by atoms with E-state index in [2.05, 4.69) is 30.8 Å². The Balaban J connectivity index is 1.27. The Kier molecular flexibility index (Phi) is 10.9. The van der Waals surface area contributed by atoms with Crippen LogP contribution in [0.4, 0.5) is 11.9 Å². The molecule has 0 saturated heterocycles. The summed E-state index contributed by atoms with van der Waals surface area (Å²) in [6.45, 7) is 9.11. The molecular formula is C39H44N12O7. The highest BCUT2D eigenvalue weighted by molar-refractivity contribution is 6.05. The van der Waals surface area contributed by atoms with Crippen molar-refractivity contribution in [3.8, 4) is 11.6 Å². The third-order valence-corrected chi connectivity index (χ3v) is 9.61. The molecule has 19 nitrogen and oxygen atoms in total. The third-order valence-electron chi connectivity index (χ3n) is 9.61. The van der Waals surface area contributed by atoms with Gasteiger partial charge in [0.05, 0.1) is 37.7 Å². The minimum atomic E-state index is -0.665. The number of hydrogen-bond acceptors (Lipinski definition) is 12. The van der Waals surface area contributed by atoms with Crippen LogP contribution in [0.25, 0.3) is 22.2 Å². The van der Waals surface area contributed by atoms with E-state index in [9.17, 15) is 19.2 Å². The maximum atomic E-state index is 13.7. The van der Waals surface area contributed by atoms with E-state index in [-0.39, 0.29) is 42.0 Å². The summed E-state index contributed by atoms with van der Waals surface area (Å²) in [5, 5.41) is 14.6. The van der Waals surface area contributed by atoms with Crippen LogP contribution in [0.1, 0.15) is 79.8 Å². The van der Waals surface area contributed by atoms with Gasteiger partial charge in [0.25, 0.3) is 11.8 Å². The van der Waals surface area contributed by atoms with E-state index in [1.54, 1.807) is 49.7 Å². The average molecular weight is 793 g/mol. The molecule has 1 aromatic carbocycles. The molecule has 6 aromatic rings. The molecule has 4 N–H and O–H groups in total. The number of esters is 1. The number of benzene rings is 1. The van der Waals surface area contributed by atoms with Crippen molar-refractivity contribution in [2.45, 2.75) is 66.7 Å². The lowest BCUT2D eigenvalue weighted by atomic mass is 10.1. The molecule has 0 unspecified atom stereocenters. The second-order valence-electron chi connectivity index (χ2n) is 13.8. The molecule has 7 rings (SSSR count). The summed E-state index contributed by atoms with van der Waals surface area (Å²) in [7, 11) is 2.64. The third kappa shape index (κ3) is 7.82. The second-order valence-corrected chi connectivity index (χ2v) is 13.8. The molecule has 5 aromatic heterocycles. The van der Waals surface area contributed by atoms with Gasteiger partial charge in [-0.1, -0.05) is 12.2 Å². The predicted molar refractivity (Wildman–Crippen MR) is 212 cm³/mol. The quantitative estimate of drug-likeness (QED) is 0.0922. The van der Waals surface area contributed by atoms with Gasteiger partial charge in [-0.3, -0.25) is 38.9 Å². The number of aromatic nitrogens is 9. The van der Waals surface area contributed by atoms with Crippen molar-refractivity contribution in [1.29, 1.82) is 0 Å². The molecule has 0 radical (unpaired) electrons. The number of anilines is 2. The lowest BCUT2D eigenvalue weighted by Crippen LogP contribution is -2.20. The van der Waals surface area contributed by atoms with Gasteiger partial charge in [-0.15, -0.1) is 0 Å². The molecule has 5 heterocycles. The number of methoxy groups -OCH3 is 2. The number of hydrogen-bond donors (Lipinski definition) is 3. The average Bonchev–Trinajstić information content (AvgIpc) is 3.50. The van der Waals surface area contributed by atoms with E-state index in [0.29, 0.717) is 76.3 Å². The monoisotopic (exact) mass is 792 g/mol. The molecule has 1 fully saturated rings. The first-order valence-corrected chi connectivity index (χ1v) is 18.8. The number of nitrogens with one attached hydrogen (secondary N) is 2. The largest absolute Gasteiger partial charge is 0.491 e. The lowest BCUT2D eigenvalue weighted by molar-refractivity contribution is 0.0596. The van der Waals surface area contributed by atoms with E-state index in [1.165, 1.54) is 20.3 Å². The SMILES string of the molecule is CCn1nc(C)cc1C(=O)Nc1nc2cc(C(=O)OC)c(OC)nc2n1C/C=C/Cn1c(NC(=O)c2cc(C)nn2CC)nc2cc(C(N)=O)cc(OCC3CC3)c21. The number of imidazole rings is 2. The van der Waals surface area contributed by atoms with E-state index < -0.39 is 23.7 Å². The zero-order valence-electron chi connectivity index (χ0n) is 33.0. The minimum Gasteiger partial charge on any atom is -0.491 e. The van der Waals surface area contributed by atoms with Gasteiger partial charge in [0.15, 0.2) is 5.65 Å². The molecular weight excluding hydrogens is 749 g/mol. The van der Waals surface area contributed by atoms with Crippen LogP contribution in [0.5, 0.6) is 11.6 Å². The molecule has 1 aliphatic rings. The van der Waals surface area contributed by atoms with Crippen LogP contribution in [-0.2, 0) is 30.9 Å². The van der Waals surface area contributed by atoms with Crippen molar-refractivity contribution >= 4 is 57.8 Å². The Morgan fingerprint density at radius 2 is 1.40 bits per heavy atom. The fraction of sp³-hybridized carbons (Fsp3) is 0.359. The summed E-state index contributed by atoms with van der Waals surface area (Å²) >= 11 is 0. The van der Waals surface area contributed by atoms with Gasteiger partial charge in [0.2, 0.25) is 23.7 Å². The summed E-state index contributed by atoms with van der Waals surface area (Å²) in [6.07, 6.45) is 5.76. The number of nitrogens with two attached hydrogens (primary N) is 1. The Labute approximate surface area is 332 Å². The van der Waals surface area contributed by atoms with Crippen molar-refractivity contribution in [1.82, 2.24) is 43.6 Å². The Hall–Kier alpha value is -7.05. The van der Waals surface area contributed by atoms with Crippen molar-refractivity contribution < 1.29 is 33.4 Å². The van der Waals surface area contributed by atoms with Crippen molar-refractivity contribution in [3.63, 3.8) is 0 Å². The first-order valence-electron chi connectivity index (χ1n) is 18.8. The molecule has 0 bridgehead atoms. The van der Waals surface area contributed by atoms with E-state index in [4.69, 9.17) is 24.9 Å². The zero-order valence-corrected chi connectivity index (χ0v) is 33.0. The number of ether oxygens (including phenoxy) is 3. The standard InChI is InChI=1S/C39H44N12O7/c1-7-50-28(15-21(3)46-50)34(53)44-38-41-26-17-24(32(40)52)18-30(58-20-23-11-12-23)31(26)48(38)13-9-10-14-49-33-27(19-25(37(55)57-6)36(43-33)56-5)42-39(49)45-35(54)29-16-22(4)47-51(29)8-2/h9-10,15-19,23H,7-8,11-14,20H2,1-6H3,(H2,40,52)(H,41,44,53)(H,42,45,54)/b10-9+. The molecule has 58 heavy (non-hydrogen) atoms. The van der Waals surface area contributed by atoms with E-state index >= 15 is 0 Å². The molecule has 1 aliphatic carbocycles. The van der Waals surface area contributed by atoms with Gasteiger partial charge < -0.3 is 24.5 Å². The molecule has 1 saturated carbocycles. The summed E-state index contributed by atoms with van der Waals surface area (Å²) in [5.74, 6) is -0.994. The van der Waals surface area contributed by atoms with Crippen LogP contribution >= 0.6 is 0 Å². The van der Waals surface area contributed by atoms with Gasteiger partial charge in [-0.2, -0.15) is 15.2 Å². The van der Waals surface area contributed by atoms with Crippen LogP contribution in [0.3, 0.4) is 0 Å². The van der Waals surface area contributed by atoms with Gasteiger partial charge in [-0.05, 0) is 76.8 Å². The fourth-order valence-corrected chi connectivity index (χ4v) is 6.59. The van der Waals surface area contributed by atoms with Gasteiger partial charge in [-0.25, -0.2) is 14.8 Å². The molecule has 0 spiro atoms. The molecule has 0 aliphatic heterocycles. The zero-order chi connectivity index (χ0) is 41.2. The van der Waals surface area contributed by atoms with Gasteiger partial charge in [0, 0.05) is 31.7 Å². The number of aryl methyl sites for hydroxylation is 4. The number of carbonyl (C=O) groups excluding carboxylic acids is 4. The fourth-order valence-electron chi connectivity index (χ4n) is 6.59. The number of allylic oxidation sites excluding steroid dienone is 2. The normalized spacial score (nSPS) is 12.7. The Bertz CT molecular complexity index is 2610. The topological polar surface area (TPSA) is 230 Å². The molecule has 302 valence electrons. The van der Waals surface area contributed by atoms with Crippen molar-refractivity contribution in [2.24, 2.45) is 11.7 Å². The number of nitrogens with zero attached hydrogens (tertiary/aromatic N) is 9. The summed E-state index contributed by atoms with van der Waals surface area (Å²) in [4.78, 5) is 66.3. The minimum absolute atomic E-state index is 0.0148. The Morgan fingerprint density at radius 1 is 0.810 bits per heavy atom. The Morgan fingerprint density at radius 3 is 1.95 bits per heavy atom. The van der Waals surface area contributed by atoms with Crippen LogP contribution in [0.2, 0.25) is 0 Å². The highest BCUT2D eigenvalue weighted by Crippen LogP contribution is 2.35. The molecule has 0 atom stereocenters. The predicted octanol–water partition coefficient (Wildman–Crippen LogP) is 4.27. The summed E-state index contributed by atoms with van der Waals surface area (Å²) in [5.41, 5.74) is 9.63. The first kappa shape index (κ1) is 39.2. The molecule has 3 amide bonds. The van der Waals surface area contributed by atoms with Gasteiger partial charge >= 0.3 is 5.97 Å². The maximum Gasteiger partial charge on any atom is 0.343 e. The van der Waals surface area contributed by atoms with Crippen molar-refractivity contribution in [2.75, 3.05) is 31.5 Å². The number of carbonyl (C=O) groups is 4. The van der Waals surface area contributed by atoms with Crippen LogP contribution < -0.4 is 25.8 Å².